The summed E-state index contributed by atoms with van der Waals surface area (Å²) in [6, 6.07) is 3.27. The SMILES string of the molecule is CC(C)c1cc(C(=O)N2C[C@@H](C)[C@H](C(=O)O)C2)cc(Cl)n1. The van der Waals surface area contributed by atoms with Crippen molar-refractivity contribution in [2.75, 3.05) is 13.1 Å². The summed E-state index contributed by atoms with van der Waals surface area (Å²) in [7, 11) is 0. The summed E-state index contributed by atoms with van der Waals surface area (Å²) in [5, 5.41) is 9.43. The van der Waals surface area contributed by atoms with Crippen LogP contribution in [-0.2, 0) is 4.79 Å². The number of aliphatic carboxylic acids is 1. The van der Waals surface area contributed by atoms with Crippen LogP contribution in [0.1, 0.15) is 42.7 Å². The van der Waals surface area contributed by atoms with Gasteiger partial charge in [-0.15, -0.1) is 0 Å². The molecule has 0 unspecified atom stereocenters. The Hall–Kier alpha value is -1.62. The Kier molecular flexibility index (Phi) is 4.52. The molecule has 0 bridgehead atoms. The van der Waals surface area contributed by atoms with Crippen molar-refractivity contribution >= 4 is 23.5 Å². The minimum atomic E-state index is -0.853. The van der Waals surface area contributed by atoms with Gasteiger partial charge in [-0.2, -0.15) is 0 Å². The van der Waals surface area contributed by atoms with Crippen LogP contribution in [0.25, 0.3) is 0 Å². The molecule has 0 radical (unpaired) electrons. The molecule has 1 saturated heterocycles. The van der Waals surface area contributed by atoms with Gasteiger partial charge in [-0.25, -0.2) is 4.98 Å². The molecule has 0 aromatic carbocycles. The summed E-state index contributed by atoms with van der Waals surface area (Å²) in [6.45, 7) is 6.50. The fourth-order valence-corrected chi connectivity index (χ4v) is 2.79. The lowest BCUT2D eigenvalue weighted by atomic mass is 9.99. The summed E-state index contributed by atoms with van der Waals surface area (Å²) >= 11 is 5.98. The number of halogens is 1. The Morgan fingerprint density at radius 2 is 2.05 bits per heavy atom. The number of rotatable bonds is 3. The number of carboxylic acid groups (broad SMARTS) is 1. The van der Waals surface area contributed by atoms with Gasteiger partial charge in [0.2, 0.25) is 0 Å². The van der Waals surface area contributed by atoms with Crippen LogP contribution in [0, 0.1) is 11.8 Å². The van der Waals surface area contributed by atoms with E-state index in [0.29, 0.717) is 12.1 Å². The first-order chi connectivity index (χ1) is 9.79. The van der Waals surface area contributed by atoms with Gasteiger partial charge in [0.1, 0.15) is 5.15 Å². The van der Waals surface area contributed by atoms with Crippen molar-refractivity contribution in [3.8, 4) is 0 Å². The van der Waals surface area contributed by atoms with Crippen molar-refractivity contribution in [2.24, 2.45) is 11.8 Å². The van der Waals surface area contributed by atoms with E-state index in [9.17, 15) is 9.59 Å². The van der Waals surface area contributed by atoms with Gasteiger partial charge in [-0.05, 0) is 24.0 Å². The van der Waals surface area contributed by atoms with Crippen LogP contribution in [0.3, 0.4) is 0 Å². The van der Waals surface area contributed by atoms with Gasteiger partial charge < -0.3 is 10.0 Å². The van der Waals surface area contributed by atoms with Gasteiger partial charge >= 0.3 is 5.97 Å². The van der Waals surface area contributed by atoms with Crippen LogP contribution >= 0.6 is 11.6 Å². The smallest absolute Gasteiger partial charge is 0.308 e. The van der Waals surface area contributed by atoms with E-state index in [1.807, 2.05) is 20.8 Å². The highest BCUT2D eigenvalue weighted by molar-refractivity contribution is 6.29. The molecule has 1 aliphatic heterocycles. The number of carbonyl (C=O) groups is 2. The molecule has 2 atom stereocenters. The van der Waals surface area contributed by atoms with E-state index < -0.39 is 11.9 Å². The molecule has 1 aromatic heterocycles. The number of amides is 1. The second-order valence-corrected chi connectivity index (χ2v) is 6.28. The van der Waals surface area contributed by atoms with Crippen LogP contribution in [0.2, 0.25) is 5.15 Å². The zero-order valence-electron chi connectivity index (χ0n) is 12.3. The predicted octanol–water partition coefficient (Wildman–Crippen LogP) is 2.65. The third kappa shape index (κ3) is 3.35. The molecule has 1 N–H and O–H groups in total. The molecule has 2 heterocycles. The number of hydrogen-bond acceptors (Lipinski definition) is 3. The second kappa shape index (κ2) is 6.02. The molecule has 5 nitrogen and oxygen atoms in total. The van der Waals surface area contributed by atoms with Gasteiger partial charge in [0, 0.05) is 24.3 Å². The van der Waals surface area contributed by atoms with Gasteiger partial charge in [0.25, 0.3) is 5.91 Å². The van der Waals surface area contributed by atoms with Crippen LogP contribution < -0.4 is 0 Å². The Morgan fingerprint density at radius 1 is 1.38 bits per heavy atom. The first-order valence-electron chi connectivity index (χ1n) is 6.99. The van der Waals surface area contributed by atoms with Crippen molar-refractivity contribution in [1.29, 1.82) is 0 Å². The van der Waals surface area contributed by atoms with Gasteiger partial charge in [0.05, 0.1) is 5.92 Å². The number of carbonyl (C=O) groups excluding carboxylic acids is 1. The largest absolute Gasteiger partial charge is 0.481 e. The molecular weight excluding hydrogens is 292 g/mol. The Bertz CT molecular complexity index is 574. The van der Waals surface area contributed by atoms with E-state index in [-0.39, 0.29) is 29.4 Å². The van der Waals surface area contributed by atoms with E-state index in [4.69, 9.17) is 16.7 Å². The standard InChI is InChI=1S/C15H19ClN2O3/c1-8(2)12-4-10(5-13(16)17-12)14(19)18-6-9(3)11(7-18)15(20)21/h4-5,8-9,11H,6-7H2,1-3H3,(H,20,21)/t9-,11-/m1/s1. The van der Waals surface area contributed by atoms with E-state index in [1.54, 1.807) is 11.0 Å². The highest BCUT2D eigenvalue weighted by Gasteiger charge is 2.37. The zero-order chi connectivity index (χ0) is 15.7. The summed E-state index contributed by atoms with van der Waals surface area (Å²) in [5.74, 6) is -1.42. The predicted molar refractivity (Wildman–Crippen MR) is 79.5 cm³/mol. The maximum absolute atomic E-state index is 12.5. The normalized spacial score (nSPS) is 21.9. The molecule has 0 saturated carbocycles. The van der Waals surface area contributed by atoms with Gasteiger partial charge in [0.15, 0.2) is 0 Å². The fourth-order valence-electron chi connectivity index (χ4n) is 2.57. The molecule has 2 rings (SSSR count). The molecule has 1 aromatic rings. The van der Waals surface area contributed by atoms with Crippen molar-refractivity contribution in [3.05, 3.63) is 28.5 Å². The quantitative estimate of drug-likeness (QED) is 0.871. The number of likely N-dealkylation sites (tertiary alicyclic amines) is 1. The Balaban J connectivity index is 2.23. The molecule has 0 spiro atoms. The topological polar surface area (TPSA) is 70.5 Å². The fraction of sp³-hybridized carbons (Fsp3) is 0.533. The first kappa shape index (κ1) is 15.8. The monoisotopic (exact) mass is 310 g/mol. The van der Waals surface area contributed by atoms with Gasteiger partial charge in [-0.3, -0.25) is 9.59 Å². The van der Waals surface area contributed by atoms with Crippen molar-refractivity contribution in [2.45, 2.75) is 26.7 Å². The van der Waals surface area contributed by atoms with Crippen molar-refractivity contribution in [3.63, 3.8) is 0 Å². The van der Waals surface area contributed by atoms with Crippen molar-refractivity contribution < 1.29 is 14.7 Å². The van der Waals surface area contributed by atoms with Crippen molar-refractivity contribution in [1.82, 2.24) is 9.88 Å². The lowest BCUT2D eigenvalue weighted by Crippen LogP contribution is -2.30. The first-order valence-corrected chi connectivity index (χ1v) is 7.37. The molecule has 114 valence electrons. The maximum atomic E-state index is 12.5. The van der Waals surface area contributed by atoms with E-state index in [2.05, 4.69) is 4.98 Å². The van der Waals surface area contributed by atoms with E-state index in [0.717, 1.165) is 5.69 Å². The van der Waals surface area contributed by atoms with Crippen LogP contribution in [0.5, 0.6) is 0 Å². The molecule has 1 amide bonds. The summed E-state index contributed by atoms with van der Waals surface area (Å²) in [5.41, 5.74) is 1.23. The van der Waals surface area contributed by atoms with Crippen LogP contribution in [0.4, 0.5) is 0 Å². The van der Waals surface area contributed by atoms with E-state index in [1.165, 1.54) is 6.07 Å². The molecular formula is C15H19ClN2O3. The van der Waals surface area contributed by atoms with Crippen LogP contribution in [0.15, 0.2) is 12.1 Å². The minimum absolute atomic E-state index is 0.0478. The highest BCUT2D eigenvalue weighted by atomic mass is 35.5. The Labute approximate surface area is 128 Å². The molecule has 6 heteroatoms. The third-order valence-electron chi connectivity index (χ3n) is 3.87. The summed E-state index contributed by atoms with van der Waals surface area (Å²) < 4.78 is 0. The average molecular weight is 311 g/mol. The van der Waals surface area contributed by atoms with E-state index >= 15 is 0 Å². The number of nitrogens with zero attached hydrogens (tertiary/aromatic N) is 2. The Morgan fingerprint density at radius 3 is 2.57 bits per heavy atom. The molecule has 1 fully saturated rings. The highest BCUT2D eigenvalue weighted by Crippen LogP contribution is 2.26. The lowest BCUT2D eigenvalue weighted by molar-refractivity contribution is -0.142. The lowest BCUT2D eigenvalue weighted by Gasteiger charge is -2.17. The van der Waals surface area contributed by atoms with Gasteiger partial charge in [-0.1, -0.05) is 32.4 Å². The number of carboxylic acids is 1. The zero-order valence-corrected chi connectivity index (χ0v) is 13.1. The molecule has 21 heavy (non-hydrogen) atoms. The second-order valence-electron chi connectivity index (χ2n) is 5.89. The molecule has 0 aliphatic carbocycles. The number of hydrogen-bond donors (Lipinski definition) is 1. The average Bonchev–Trinajstić information content (AvgIpc) is 2.79. The van der Waals surface area contributed by atoms with Crippen LogP contribution in [-0.4, -0.2) is 40.0 Å². The number of pyridine rings is 1. The summed E-state index contributed by atoms with van der Waals surface area (Å²) in [4.78, 5) is 29.5. The number of aromatic nitrogens is 1. The molecule has 1 aliphatic rings. The third-order valence-corrected chi connectivity index (χ3v) is 4.06. The summed E-state index contributed by atoms with van der Waals surface area (Å²) in [6.07, 6.45) is 0. The maximum Gasteiger partial charge on any atom is 0.308 e. The minimum Gasteiger partial charge on any atom is -0.481 e.